The Balaban J connectivity index is 2.35. The minimum absolute atomic E-state index is 1.21. The Kier molecular flexibility index (Phi) is 3.32. The van der Waals surface area contributed by atoms with Gasteiger partial charge >= 0.3 is 72.3 Å². The molecule has 1 rings (SSSR count). The molecule has 0 aromatic rings. The molecule has 0 fully saturated rings. The second kappa shape index (κ2) is 4.06. The first-order valence-corrected chi connectivity index (χ1v) is 4.19. The Bertz CT molecular complexity index is 166. The Labute approximate surface area is 72.6 Å². The number of allylic oxidation sites excluding steroid dienone is 4. The summed E-state index contributed by atoms with van der Waals surface area (Å²) in [5, 5.41) is 0. The van der Waals surface area contributed by atoms with Crippen LogP contribution in [-0.4, -0.2) is 17.7 Å². The molecule has 0 spiro atoms. The van der Waals surface area contributed by atoms with Gasteiger partial charge in [-0.25, -0.2) is 0 Å². The molecule has 0 nitrogen and oxygen atoms in total. The van der Waals surface area contributed by atoms with Crippen molar-refractivity contribution in [3.05, 3.63) is 22.0 Å². The molecule has 0 saturated heterocycles. The Morgan fingerprint density at radius 3 is 2.90 bits per heavy atom. The molecule has 0 aliphatic heterocycles. The zero-order chi connectivity index (χ0) is 7.40. The second-order valence-electron chi connectivity index (χ2n) is 3.00. The van der Waals surface area contributed by atoms with Crippen LogP contribution in [0, 0.1) is 0 Å². The van der Waals surface area contributed by atoms with E-state index in [1.165, 1.54) is 29.9 Å². The zero-order valence-corrected chi connectivity index (χ0v) is 6.98. The van der Waals surface area contributed by atoms with Crippen molar-refractivity contribution >= 4 is 17.7 Å². The van der Waals surface area contributed by atoms with Crippen LogP contribution in [0.4, 0.5) is 0 Å². The van der Waals surface area contributed by atoms with Gasteiger partial charge in [-0.2, -0.15) is 0 Å². The number of hydrogen-bond donors (Lipinski definition) is 0. The molecule has 10 heavy (non-hydrogen) atoms. The third-order valence-corrected chi connectivity index (χ3v) is 2.12. The van der Waals surface area contributed by atoms with Crippen molar-refractivity contribution in [3.8, 4) is 0 Å². The van der Waals surface area contributed by atoms with E-state index in [-0.39, 0.29) is 0 Å². The van der Waals surface area contributed by atoms with Crippen molar-refractivity contribution < 1.29 is 0 Å². The molecule has 0 saturated carbocycles. The van der Waals surface area contributed by atoms with Crippen molar-refractivity contribution in [3.63, 3.8) is 0 Å². The predicted molar refractivity (Wildman–Crippen MR) is 46.1 cm³/mol. The fourth-order valence-electron chi connectivity index (χ4n) is 1.35. The molecule has 0 atom stereocenters. The van der Waals surface area contributed by atoms with Gasteiger partial charge in [0.15, 0.2) is 0 Å². The summed E-state index contributed by atoms with van der Waals surface area (Å²) in [7, 11) is 0. The first kappa shape index (κ1) is 8.18. The van der Waals surface area contributed by atoms with Crippen molar-refractivity contribution in [1.82, 2.24) is 0 Å². The van der Waals surface area contributed by atoms with E-state index in [1.807, 2.05) is 0 Å². The Morgan fingerprint density at radius 2 is 2.40 bits per heavy atom. The molecule has 0 unspecified atom stereocenters. The van der Waals surface area contributed by atoms with Gasteiger partial charge in [-0.1, -0.05) is 0 Å². The monoisotopic (exact) mass is 128 g/mol. The quantitative estimate of drug-likeness (QED) is 0.512. The summed E-state index contributed by atoms with van der Waals surface area (Å²) in [5.74, 6) is 0. The topological polar surface area (TPSA) is 0 Å². The molecule has 0 aromatic heterocycles. The fourth-order valence-corrected chi connectivity index (χ4v) is 1.35. The van der Waals surface area contributed by atoms with E-state index in [9.17, 15) is 0 Å². The summed E-state index contributed by atoms with van der Waals surface area (Å²) >= 11 is 2.22. The van der Waals surface area contributed by atoms with Crippen LogP contribution < -0.4 is 0 Å². The summed E-state index contributed by atoms with van der Waals surface area (Å²) in [6.45, 7) is 2.25. The third kappa shape index (κ3) is 2.04. The van der Waals surface area contributed by atoms with Crippen LogP contribution in [0.2, 0.25) is 0 Å². The standard InChI is InChI=1S/C9H13.Li/c1-2-3-6-9-7-4-5-8-9;/h4-5H,2-3,6-7H2,1H3;. The molecule has 50 valence electrons. The van der Waals surface area contributed by atoms with Gasteiger partial charge in [-0.15, -0.1) is 0 Å². The molecule has 0 radical (unpaired) electrons. The van der Waals surface area contributed by atoms with E-state index in [0.29, 0.717) is 0 Å². The fraction of sp³-hybridized carbons (Fsp3) is 0.556. The predicted octanol–water partition coefficient (Wildman–Crippen LogP) is 2.56. The van der Waals surface area contributed by atoms with Crippen LogP contribution in [0.1, 0.15) is 32.6 Å². The van der Waals surface area contributed by atoms with Crippen LogP contribution >= 0.6 is 0 Å². The van der Waals surface area contributed by atoms with Gasteiger partial charge in [0.05, 0.1) is 0 Å². The Hall–Kier alpha value is 0.0774. The third-order valence-electron chi connectivity index (χ3n) is 2.12. The number of unbranched alkanes of at least 4 members (excludes halogenated alkanes) is 1. The van der Waals surface area contributed by atoms with E-state index in [0.717, 1.165) is 0 Å². The molecule has 1 aliphatic rings. The van der Waals surface area contributed by atoms with Crippen LogP contribution in [0.3, 0.4) is 0 Å². The maximum atomic E-state index is 2.26. The molecule has 0 bridgehead atoms. The molecule has 1 heteroatoms. The molecular weight excluding hydrogens is 115 g/mol. The van der Waals surface area contributed by atoms with Crippen molar-refractivity contribution in [1.29, 1.82) is 0 Å². The van der Waals surface area contributed by atoms with Gasteiger partial charge in [0.1, 0.15) is 0 Å². The SMILES string of the molecule is [Li][C]1=C(CCCC)CC=C1. The summed E-state index contributed by atoms with van der Waals surface area (Å²) in [6.07, 6.45) is 9.71. The van der Waals surface area contributed by atoms with Crippen LogP contribution in [0.25, 0.3) is 0 Å². The number of hydrogen-bond acceptors (Lipinski definition) is 0. The normalized spacial score (nSPS) is 17.1. The molecule has 0 heterocycles. The van der Waals surface area contributed by atoms with E-state index in [4.69, 9.17) is 0 Å². The van der Waals surface area contributed by atoms with Crippen molar-refractivity contribution in [2.45, 2.75) is 32.6 Å². The zero-order valence-electron chi connectivity index (χ0n) is 6.98. The van der Waals surface area contributed by atoms with Gasteiger partial charge in [0.25, 0.3) is 0 Å². The molecule has 0 N–H and O–H groups in total. The second-order valence-corrected chi connectivity index (χ2v) is 3.00. The van der Waals surface area contributed by atoms with E-state index < -0.39 is 0 Å². The first-order chi connectivity index (χ1) is 4.84. The van der Waals surface area contributed by atoms with Crippen molar-refractivity contribution in [2.24, 2.45) is 0 Å². The van der Waals surface area contributed by atoms with Gasteiger partial charge in [0, 0.05) is 0 Å². The molecule has 0 amide bonds. The van der Waals surface area contributed by atoms with E-state index in [2.05, 4.69) is 36.8 Å². The van der Waals surface area contributed by atoms with Gasteiger partial charge < -0.3 is 0 Å². The first-order valence-electron chi connectivity index (χ1n) is 4.19. The summed E-state index contributed by atoms with van der Waals surface area (Å²) in [5.41, 5.74) is 1.65. The maximum absolute atomic E-state index is 2.26. The van der Waals surface area contributed by atoms with Crippen LogP contribution in [0.15, 0.2) is 22.0 Å². The van der Waals surface area contributed by atoms with E-state index in [1.54, 1.807) is 5.57 Å². The van der Waals surface area contributed by atoms with Gasteiger partial charge in [-0.05, 0) is 0 Å². The van der Waals surface area contributed by atoms with Crippen molar-refractivity contribution in [2.75, 3.05) is 0 Å². The van der Waals surface area contributed by atoms with Crippen LogP contribution in [-0.2, 0) is 0 Å². The molecule has 1 aliphatic carbocycles. The Morgan fingerprint density at radius 1 is 1.60 bits per heavy atom. The van der Waals surface area contributed by atoms with Gasteiger partial charge in [0.2, 0.25) is 0 Å². The minimum atomic E-state index is 1.21. The summed E-state index contributed by atoms with van der Waals surface area (Å²) in [4.78, 5) is 0. The van der Waals surface area contributed by atoms with Gasteiger partial charge in [-0.3, -0.25) is 0 Å². The summed E-state index contributed by atoms with van der Waals surface area (Å²) in [6, 6.07) is 0. The van der Waals surface area contributed by atoms with Crippen LogP contribution in [0.5, 0.6) is 0 Å². The average Bonchev–Trinajstić information content (AvgIpc) is 2.31. The number of rotatable bonds is 3. The average molecular weight is 128 g/mol. The molecular formula is C9H13Li. The summed E-state index contributed by atoms with van der Waals surface area (Å²) < 4.78 is 1.51. The van der Waals surface area contributed by atoms with E-state index >= 15 is 0 Å². The molecule has 0 aromatic carbocycles.